The van der Waals surface area contributed by atoms with Gasteiger partial charge in [0.15, 0.2) is 0 Å². The van der Waals surface area contributed by atoms with Crippen molar-refractivity contribution in [3.05, 3.63) is 70.2 Å². The van der Waals surface area contributed by atoms with Gasteiger partial charge in [0.25, 0.3) is 0 Å². The topological polar surface area (TPSA) is 24.7 Å². The molecule has 0 aliphatic rings. The summed E-state index contributed by atoms with van der Waals surface area (Å²) in [6.45, 7) is 2.85. The van der Waals surface area contributed by atoms with E-state index in [1.54, 1.807) is 0 Å². The molecule has 0 aliphatic heterocycles. The van der Waals surface area contributed by atoms with Gasteiger partial charge in [0.1, 0.15) is 19.6 Å². The Hall–Kier alpha value is -1.16. The van der Waals surface area contributed by atoms with Gasteiger partial charge in [-0.25, -0.2) is 0 Å². The second kappa shape index (κ2) is 7.43. The summed E-state index contributed by atoms with van der Waals surface area (Å²) in [6, 6.07) is 18.8. The average Bonchev–Trinajstić information content (AvgIpc) is 2.40. The summed E-state index contributed by atoms with van der Waals surface area (Å²) >= 11 is 3.50. The standard InChI is InChI=1S/C16H18BrNO/c17-16-8-4-7-15(11-16)13-18(9-10-19)12-14-5-2-1-3-6-14/h1-8,11,19H,9-10,12-13H2/p+1. The van der Waals surface area contributed by atoms with E-state index in [1.165, 1.54) is 16.0 Å². The predicted molar refractivity (Wildman–Crippen MR) is 80.9 cm³/mol. The molecule has 0 saturated carbocycles. The first kappa shape index (κ1) is 14.3. The van der Waals surface area contributed by atoms with Gasteiger partial charge < -0.3 is 10.0 Å². The summed E-state index contributed by atoms with van der Waals surface area (Å²) in [7, 11) is 0. The van der Waals surface area contributed by atoms with Crippen molar-refractivity contribution in [3.63, 3.8) is 0 Å². The van der Waals surface area contributed by atoms with Crippen molar-refractivity contribution in [2.75, 3.05) is 13.2 Å². The molecule has 0 aromatic heterocycles. The Bertz CT molecular complexity index is 501. The second-order valence-corrected chi connectivity index (χ2v) is 5.61. The summed E-state index contributed by atoms with van der Waals surface area (Å²) < 4.78 is 1.10. The van der Waals surface area contributed by atoms with Crippen molar-refractivity contribution in [1.29, 1.82) is 0 Å². The van der Waals surface area contributed by atoms with Crippen molar-refractivity contribution in [3.8, 4) is 0 Å². The lowest BCUT2D eigenvalue weighted by Gasteiger charge is -2.19. The molecule has 0 amide bonds. The monoisotopic (exact) mass is 320 g/mol. The number of hydrogen-bond acceptors (Lipinski definition) is 1. The first-order valence-electron chi connectivity index (χ1n) is 6.51. The van der Waals surface area contributed by atoms with E-state index in [9.17, 15) is 5.11 Å². The minimum atomic E-state index is 0.218. The molecule has 2 aromatic rings. The van der Waals surface area contributed by atoms with Crippen LogP contribution in [0.1, 0.15) is 11.1 Å². The summed E-state index contributed by atoms with van der Waals surface area (Å²) in [6.07, 6.45) is 0. The lowest BCUT2D eigenvalue weighted by molar-refractivity contribution is -0.927. The van der Waals surface area contributed by atoms with Gasteiger partial charge in [-0.2, -0.15) is 0 Å². The van der Waals surface area contributed by atoms with Gasteiger partial charge in [0, 0.05) is 15.6 Å². The van der Waals surface area contributed by atoms with E-state index >= 15 is 0 Å². The third kappa shape index (κ3) is 4.78. The predicted octanol–water partition coefficient (Wildman–Crippen LogP) is 2.03. The lowest BCUT2D eigenvalue weighted by Crippen LogP contribution is -3.09. The van der Waals surface area contributed by atoms with Gasteiger partial charge in [-0.15, -0.1) is 0 Å². The Labute approximate surface area is 122 Å². The van der Waals surface area contributed by atoms with Crippen LogP contribution in [0.15, 0.2) is 59.1 Å². The van der Waals surface area contributed by atoms with Crippen LogP contribution in [0.4, 0.5) is 0 Å². The fraction of sp³-hybridized carbons (Fsp3) is 0.250. The van der Waals surface area contributed by atoms with Gasteiger partial charge in [-0.05, 0) is 12.1 Å². The molecule has 0 heterocycles. The number of halogens is 1. The number of rotatable bonds is 6. The highest BCUT2D eigenvalue weighted by atomic mass is 79.9. The first-order valence-corrected chi connectivity index (χ1v) is 7.30. The quantitative estimate of drug-likeness (QED) is 0.836. The molecule has 0 aliphatic carbocycles. The average molecular weight is 321 g/mol. The van der Waals surface area contributed by atoms with Gasteiger partial charge in [-0.1, -0.05) is 58.4 Å². The number of aliphatic hydroxyl groups excluding tert-OH is 1. The molecular weight excluding hydrogens is 302 g/mol. The maximum atomic E-state index is 9.22. The highest BCUT2D eigenvalue weighted by Gasteiger charge is 2.10. The second-order valence-electron chi connectivity index (χ2n) is 4.69. The number of nitrogens with one attached hydrogen (secondary N) is 1. The SMILES string of the molecule is OCC[NH+](Cc1ccccc1)Cc1cccc(Br)c1. The molecule has 2 nitrogen and oxygen atoms in total. The third-order valence-electron chi connectivity index (χ3n) is 3.11. The van der Waals surface area contributed by atoms with Crippen LogP contribution in [0, 0.1) is 0 Å². The molecule has 3 heteroatoms. The van der Waals surface area contributed by atoms with Crippen LogP contribution < -0.4 is 4.90 Å². The first-order chi connectivity index (χ1) is 9.28. The minimum absolute atomic E-state index is 0.218. The molecule has 0 spiro atoms. The van der Waals surface area contributed by atoms with Gasteiger partial charge in [-0.3, -0.25) is 0 Å². The molecule has 2 N–H and O–H groups in total. The summed E-state index contributed by atoms with van der Waals surface area (Å²) in [5.41, 5.74) is 2.59. The van der Waals surface area contributed by atoms with Crippen molar-refractivity contribution in [2.24, 2.45) is 0 Å². The smallest absolute Gasteiger partial charge is 0.103 e. The Kier molecular flexibility index (Phi) is 5.58. The summed E-state index contributed by atoms with van der Waals surface area (Å²) in [4.78, 5) is 1.37. The molecule has 2 rings (SSSR count). The number of hydrogen-bond donors (Lipinski definition) is 2. The zero-order chi connectivity index (χ0) is 13.5. The Morgan fingerprint density at radius 2 is 1.58 bits per heavy atom. The maximum absolute atomic E-state index is 9.22. The van der Waals surface area contributed by atoms with Crippen LogP contribution in [-0.4, -0.2) is 18.3 Å². The molecule has 1 unspecified atom stereocenters. The normalized spacial score (nSPS) is 12.3. The summed E-state index contributed by atoms with van der Waals surface area (Å²) in [5.74, 6) is 0. The van der Waals surface area contributed by atoms with E-state index in [0.29, 0.717) is 0 Å². The third-order valence-corrected chi connectivity index (χ3v) is 3.60. The number of aliphatic hydroxyl groups is 1. The van der Waals surface area contributed by atoms with Crippen LogP contribution in [0.5, 0.6) is 0 Å². The van der Waals surface area contributed by atoms with Crippen LogP contribution in [0.25, 0.3) is 0 Å². The molecule has 2 aromatic carbocycles. The fourth-order valence-electron chi connectivity index (χ4n) is 2.22. The minimum Gasteiger partial charge on any atom is -0.391 e. The van der Waals surface area contributed by atoms with Crippen molar-refractivity contribution in [1.82, 2.24) is 0 Å². The summed E-state index contributed by atoms with van der Waals surface area (Å²) in [5, 5.41) is 9.22. The number of benzene rings is 2. The number of quaternary nitrogens is 1. The van der Waals surface area contributed by atoms with Gasteiger partial charge in [0.2, 0.25) is 0 Å². The maximum Gasteiger partial charge on any atom is 0.103 e. The van der Waals surface area contributed by atoms with Crippen molar-refractivity contribution < 1.29 is 10.0 Å². The zero-order valence-corrected chi connectivity index (χ0v) is 12.4. The van der Waals surface area contributed by atoms with Gasteiger partial charge in [0.05, 0.1) is 6.61 Å². The van der Waals surface area contributed by atoms with Crippen LogP contribution >= 0.6 is 15.9 Å². The molecule has 19 heavy (non-hydrogen) atoms. The van der Waals surface area contributed by atoms with E-state index < -0.39 is 0 Å². The highest BCUT2D eigenvalue weighted by Crippen LogP contribution is 2.10. The fourth-order valence-corrected chi connectivity index (χ4v) is 2.66. The lowest BCUT2D eigenvalue weighted by atomic mass is 10.1. The van der Waals surface area contributed by atoms with E-state index in [1.807, 2.05) is 12.1 Å². The van der Waals surface area contributed by atoms with E-state index in [0.717, 1.165) is 24.1 Å². The van der Waals surface area contributed by atoms with Crippen molar-refractivity contribution >= 4 is 15.9 Å². The van der Waals surface area contributed by atoms with E-state index in [4.69, 9.17) is 0 Å². The highest BCUT2D eigenvalue weighted by molar-refractivity contribution is 9.10. The molecule has 100 valence electrons. The molecule has 0 fully saturated rings. The molecule has 0 bridgehead atoms. The van der Waals surface area contributed by atoms with Crippen molar-refractivity contribution in [2.45, 2.75) is 13.1 Å². The van der Waals surface area contributed by atoms with Crippen LogP contribution in [-0.2, 0) is 13.1 Å². The Morgan fingerprint density at radius 3 is 2.26 bits per heavy atom. The van der Waals surface area contributed by atoms with Gasteiger partial charge >= 0.3 is 0 Å². The molecular formula is C16H19BrNO+. The zero-order valence-electron chi connectivity index (χ0n) is 10.8. The van der Waals surface area contributed by atoms with Crippen LogP contribution in [0.2, 0.25) is 0 Å². The largest absolute Gasteiger partial charge is 0.391 e. The molecule has 1 atom stereocenters. The Morgan fingerprint density at radius 1 is 0.895 bits per heavy atom. The molecule has 0 saturated heterocycles. The van der Waals surface area contributed by atoms with E-state index in [2.05, 4.69) is 58.4 Å². The molecule has 0 radical (unpaired) electrons. The Balaban J connectivity index is 2.04. The van der Waals surface area contributed by atoms with Crippen LogP contribution in [0.3, 0.4) is 0 Å². The van der Waals surface area contributed by atoms with E-state index in [-0.39, 0.29) is 6.61 Å².